The average molecular weight is 279 g/mol. The topological polar surface area (TPSA) is 87.1 Å². The summed E-state index contributed by atoms with van der Waals surface area (Å²) in [4.78, 5) is 24.2. The number of aliphatic carboxylic acids is 1. The van der Waals surface area contributed by atoms with Gasteiger partial charge in [0.1, 0.15) is 18.0 Å². The number of aryl methyl sites for hydroxylation is 1. The van der Waals surface area contributed by atoms with E-state index in [0.717, 1.165) is 0 Å². The van der Waals surface area contributed by atoms with Gasteiger partial charge in [-0.05, 0) is 37.6 Å². The first-order valence-corrected chi connectivity index (χ1v) is 6.25. The van der Waals surface area contributed by atoms with Crippen molar-refractivity contribution < 1.29 is 24.5 Å². The van der Waals surface area contributed by atoms with Crippen LogP contribution in [0.2, 0.25) is 0 Å². The van der Waals surface area contributed by atoms with E-state index >= 15 is 0 Å². The van der Waals surface area contributed by atoms with E-state index in [1.165, 1.54) is 6.07 Å². The Morgan fingerprint density at radius 2 is 2.05 bits per heavy atom. The number of benzene rings is 1. The normalized spacial score (nSPS) is 16.6. The summed E-state index contributed by atoms with van der Waals surface area (Å²) in [5.74, 6) is -1.02. The van der Waals surface area contributed by atoms with Crippen molar-refractivity contribution in [2.24, 2.45) is 0 Å². The van der Waals surface area contributed by atoms with E-state index in [1.54, 1.807) is 30.9 Å². The summed E-state index contributed by atoms with van der Waals surface area (Å²) < 4.78 is 5.25. The van der Waals surface area contributed by atoms with Gasteiger partial charge in [0, 0.05) is 5.56 Å². The Kier molecular flexibility index (Phi) is 3.67. The maximum Gasteiger partial charge on any atom is 0.329 e. The molecule has 20 heavy (non-hydrogen) atoms. The first-order chi connectivity index (χ1) is 9.31. The van der Waals surface area contributed by atoms with Gasteiger partial charge in [-0.1, -0.05) is 0 Å². The molecule has 1 aromatic rings. The third-order valence-corrected chi connectivity index (χ3v) is 3.33. The molecule has 1 aliphatic heterocycles. The molecule has 0 aromatic heterocycles. The number of amides is 1. The lowest BCUT2D eigenvalue weighted by molar-refractivity contribution is -0.159. The fourth-order valence-electron chi connectivity index (χ4n) is 2.20. The summed E-state index contributed by atoms with van der Waals surface area (Å²) in [6.07, 6.45) is 0. The molecule has 0 saturated carbocycles. The molecule has 0 bridgehead atoms. The van der Waals surface area contributed by atoms with Crippen molar-refractivity contribution >= 4 is 11.9 Å². The zero-order valence-corrected chi connectivity index (χ0v) is 11.4. The molecular weight excluding hydrogens is 262 g/mol. The molecule has 1 fully saturated rings. The Hall–Kier alpha value is -2.08. The van der Waals surface area contributed by atoms with Crippen LogP contribution in [0.3, 0.4) is 0 Å². The molecule has 6 heteroatoms. The van der Waals surface area contributed by atoms with E-state index in [4.69, 9.17) is 9.84 Å². The number of carbonyl (C=O) groups excluding carboxylic acids is 1. The lowest BCUT2D eigenvalue weighted by Gasteiger charge is -2.47. The second-order valence-corrected chi connectivity index (χ2v) is 5.29. The maximum absolute atomic E-state index is 12.2. The van der Waals surface area contributed by atoms with Crippen LogP contribution in [-0.4, -0.2) is 52.3 Å². The minimum absolute atomic E-state index is 0.149. The lowest BCUT2D eigenvalue weighted by atomic mass is 9.95. The molecule has 6 nitrogen and oxygen atoms in total. The van der Waals surface area contributed by atoms with Crippen molar-refractivity contribution in [2.45, 2.75) is 19.4 Å². The molecule has 0 aliphatic carbocycles. The van der Waals surface area contributed by atoms with E-state index in [9.17, 15) is 14.7 Å². The molecule has 1 amide bonds. The minimum Gasteiger partial charge on any atom is -0.508 e. The number of carbonyl (C=O) groups is 2. The highest BCUT2D eigenvalue weighted by Gasteiger charge is 2.42. The van der Waals surface area contributed by atoms with Crippen molar-refractivity contribution in [3.05, 3.63) is 29.3 Å². The molecule has 0 unspecified atom stereocenters. The molecule has 0 atom stereocenters. The number of likely N-dealkylation sites (tertiary alicyclic amines) is 1. The van der Waals surface area contributed by atoms with Gasteiger partial charge < -0.3 is 19.8 Å². The number of nitrogens with zero attached hydrogens (tertiary/aromatic N) is 1. The van der Waals surface area contributed by atoms with Crippen LogP contribution < -0.4 is 0 Å². The molecule has 1 saturated heterocycles. The number of hydrogen-bond donors (Lipinski definition) is 2. The number of ether oxygens (including phenoxy) is 1. The third kappa shape index (κ3) is 2.91. The lowest BCUT2D eigenvalue weighted by Crippen LogP contribution is -2.63. The Bertz CT molecular complexity index is 548. The van der Waals surface area contributed by atoms with Crippen LogP contribution in [-0.2, 0) is 9.53 Å². The van der Waals surface area contributed by atoms with Crippen LogP contribution in [0.15, 0.2) is 18.2 Å². The van der Waals surface area contributed by atoms with Gasteiger partial charge in [0.25, 0.3) is 5.91 Å². The minimum atomic E-state index is -1.02. The summed E-state index contributed by atoms with van der Waals surface area (Å²) in [5, 5.41) is 18.0. The standard InChI is InChI=1S/C14H17NO5/c1-9-5-10(3-4-11(9)16)13(19)15-7-14(2,8-15)20-6-12(17)18/h3-5,16H,6-8H2,1-2H3,(H,17,18). The van der Waals surface area contributed by atoms with Crippen LogP contribution in [0, 0.1) is 6.92 Å². The molecule has 0 radical (unpaired) electrons. The zero-order valence-electron chi connectivity index (χ0n) is 11.4. The highest BCUT2D eigenvalue weighted by atomic mass is 16.5. The van der Waals surface area contributed by atoms with E-state index in [1.807, 2.05) is 0 Å². The number of carboxylic acids is 1. The highest BCUT2D eigenvalue weighted by Crippen LogP contribution is 2.27. The number of phenolic OH excluding ortho intramolecular Hbond substituents is 1. The maximum atomic E-state index is 12.2. The number of rotatable bonds is 4. The second-order valence-electron chi connectivity index (χ2n) is 5.29. The summed E-state index contributed by atoms with van der Waals surface area (Å²) in [5.41, 5.74) is 0.543. The van der Waals surface area contributed by atoms with Crippen molar-refractivity contribution in [2.75, 3.05) is 19.7 Å². The largest absolute Gasteiger partial charge is 0.508 e. The first kappa shape index (κ1) is 14.3. The Morgan fingerprint density at radius 1 is 1.40 bits per heavy atom. The molecule has 1 heterocycles. The van der Waals surface area contributed by atoms with Gasteiger partial charge in [-0.15, -0.1) is 0 Å². The fourth-order valence-corrected chi connectivity index (χ4v) is 2.20. The van der Waals surface area contributed by atoms with E-state index in [2.05, 4.69) is 0 Å². The van der Waals surface area contributed by atoms with Crippen molar-refractivity contribution in [3.8, 4) is 5.75 Å². The van der Waals surface area contributed by atoms with Gasteiger partial charge in [-0.2, -0.15) is 0 Å². The Balaban J connectivity index is 1.96. The van der Waals surface area contributed by atoms with Crippen LogP contribution in [0.5, 0.6) is 5.75 Å². The van der Waals surface area contributed by atoms with Gasteiger partial charge in [-0.25, -0.2) is 4.79 Å². The monoisotopic (exact) mass is 279 g/mol. The highest BCUT2D eigenvalue weighted by molar-refractivity contribution is 5.95. The van der Waals surface area contributed by atoms with Crippen molar-refractivity contribution in [1.82, 2.24) is 4.90 Å². The summed E-state index contributed by atoms with van der Waals surface area (Å²) >= 11 is 0. The van der Waals surface area contributed by atoms with E-state index in [-0.39, 0.29) is 18.3 Å². The fraction of sp³-hybridized carbons (Fsp3) is 0.429. The van der Waals surface area contributed by atoms with Gasteiger partial charge in [0.2, 0.25) is 0 Å². The van der Waals surface area contributed by atoms with Crippen LogP contribution in [0.4, 0.5) is 0 Å². The SMILES string of the molecule is Cc1cc(C(=O)N2CC(C)(OCC(=O)O)C2)ccc1O. The average Bonchev–Trinajstić information content (AvgIpc) is 2.35. The van der Waals surface area contributed by atoms with Crippen molar-refractivity contribution in [3.63, 3.8) is 0 Å². The van der Waals surface area contributed by atoms with Gasteiger partial charge in [-0.3, -0.25) is 4.79 Å². The number of carboxylic acid groups (broad SMARTS) is 1. The Morgan fingerprint density at radius 3 is 2.60 bits per heavy atom. The molecule has 1 aliphatic rings. The summed E-state index contributed by atoms with van der Waals surface area (Å²) in [6.45, 7) is 3.86. The molecule has 2 N–H and O–H groups in total. The summed E-state index contributed by atoms with van der Waals surface area (Å²) in [7, 11) is 0. The number of phenols is 1. The molecule has 1 aromatic carbocycles. The number of hydrogen-bond acceptors (Lipinski definition) is 4. The van der Waals surface area contributed by atoms with Gasteiger partial charge >= 0.3 is 5.97 Å². The van der Waals surface area contributed by atoms with Gasteiger partial charge in [0.15, 0.2) is 0 Å². The van der Waals surface area contributed by atoms with Crippen molar-refractivity contribution in [1.29, 1.82) is 0 Å². The molecule has 0 spiro atoms. The molecule has 2 rings (SSSR count). The van der Waals surface area contributed by atoms with E-state index < -0.39 is 11.6 Å². The zero-order chi connectivity index (χ0) is 14.9. The Labute approximate surface area is 116 Å². The summed E-state index contributed by atoms with van der Waals surface area (Å²) in [6, 6.07) is 4.69. The second kappa shape index (κ2) is 5.13. The smallest absolute Gasteiger partial charge is 0.329 e. The van der Waals surface area contributed by atoms with Crippen LogP contribution in [0.25, 0.3) is 0 Å². The third-order valence-electron chi connectivity index (χ3n) is 3.33. The van der Waals surface area contributed by atoms with Crippen LogP contribution in [0.1, 0.15) is 22.8 Å². The first-order valence-electron chi connectivity index (χ1n) is 6.25. The predicted molar refractivity (Wildman–Crippen MR) is 70.7 cm³/mol. The predicted octanol–water partition coefficient (Wildman–Crippen LogP) is 1.02. The van der Waals surface area contributed by atoms with Gasteiger partial charge in [0.05, 0.1) is 13.1 Å². The van der Waals surface area contributed by atoms with Crippen LogP contribution >= 0.6 is 0 Å². The molecular formula is C14H17NO5. The quantitative estimate of drug-likeness (QED) is 0.859. The molecule has 108 valence electrons. The number of aromatic hydroxyl groups is 1. The van der Waals surface area contributed by atoms with E-state index in [0.29, 0.717) is 24.2 Å².